The number of nitrogens with zero attached hydrogens (tertiary/aromatic N) is 2. The van der Waals surface area contributed by atoms with Crippen molar-refractivity contribution in [3.8, 4) is 0 Å². The van der Waals surface area contributed by atoms with Crippen LogP contribution in [0.4, 0.5) is 5.69 Å². The molecule has 1 fully saturated rings. The van der Waals surface area contributed by atoms with Crippen molar-refractivity contribution in [1.82, 2.24) is 5.43 Å². The Morgan fingerprint density at radius 1 is 0.795 bits per heavy atom. The molecule has 214 valence electrons. The van der Waals surface area contributed by atoms with Crippen molar-refractivity contribution in [2.45, 2.75) is 24.7 Å². The maximum absolute atomic E-state index is 14.5. The number of aryl methyl sites for hydroxylation is 1. The summed E-state index contributed by atoms with van der Waals surface area (Å²) < 4.78 is 0. The van der Waals surface area contributed by atoms with E-state index in [1.54, 1.807) is 6.21 Å². The van der Waals surface area contributed by atoms with Crippen LogP contribution in [0.5, 0.6) is 0 Å². The van der Waals surface area contributed by atoms with Gasteiger partial charge in [0.15, 0.2) is 0 Å². The number of carbonyl (C=O) groups is 3. The average molecular weight is 576 g/mol. The van der Waals surface area contributed by atoms with Gasteiger partial charge in [-0.3, -0.25) is 14.4 Å². The van der Waals surface area contributed by atoms with E-state index in [2.05, 4.69) is 22.7 Å². The maximum atomic E-state index is 14.5. The van der Waals surface area contributed by atoms with Crippen molar-refractivity contribution in [3.05, 3.63) is 149 Å². The molecule has 9 rings (SSSR count). The molecule has 4 aliphatic rings. The van der Waals surface area contributed by atoms with Gasteiger partial charge in [0.1, 0.15) is 0 Å². The number of hydrazone groups is 1. The van der Waals surface area contributed by atoms with Gasteiger partial charge >= 0.3 is 0 Å². The monoisotopic (exact) mass is 575 g/mol. The van der Waals surface area contributed by atoms with Gasteiger partial charge in [0.05, 0.1) is 29.4 Å². The maximum Gasteiger partial charge on any atom is 0.244 e. The minimum Gasteiger partial charge on any atom is -0.274 e. The van der Waals surface area contributed by atoms with Crippen LogP contribution < -0.4 is 10.3 Å². The number of hydrogen-bond acceptors (Lipinski definition) is 4. The van der Waals surface area contributed by atoms with Crippen LogP contribution in [-0.2, 0) is 26.2 Å². The number of hydrogen-bond donors (Lipinski definition) is 1. The molecule has 0 radical (unpaired) electrons. The second-order valence-electron chi connectivity index (χ2n) is 12.0. The summed E-state index contributed by atoms with van der Waals surface area (Å²) in [5.41, 5.74) is 8.19. The van der Waals surface area contributed by atoms with Crippen molar-refractivity contribution in [1.29, 1.82) is 0 Å². The minimum atomic E-state index is -1.04. The van der Waals surface area contributed by atoms with Crippen molar-refractivity contribution in [2.75, 3.05) is 4.90 Å². The largest absolute Gasteiger partial charge is 0.274 e. The first-order valence-corrected chi connectivity index (χ1v) is 14.9. The van der Waals surface area contributed by atoms with Gasteiger partial charge in [0, 0.05) is 12.1 Å². The quantitative estimate of drug-likeness (QED) is 0.158. The van der Waals surface area contributed by atoms with Crippen LogP contribution in [0, 0.1) is 18.8 Å². The summed E-state index contributed by atoms with van der Waals surface area (Å²) in [5, 5.41) is 6.65. The molecule has 5 aromatic rings. The molecule has 3 amide bonds. The summed E-state index contributed by atoms with van der Waals surface area (Å²) in [7, 11) is 0. The number of nitrogens with one attached hydrogen (secondary N) is 1. The molecule has 3 aliphatic carbocycles. The van der Waals surface area contributed by atoms with Gasteiger partial charge in [0.25, 0.3) is 0 Å². The molecule has 0 unspecified atom stereocenters. The molecular weight excluding hydrogens is 546 g/mol. The van der Waals surface area contributed by atoms with Crippen LogP contribution in [0.1, 0.15) is 39.3 Å². The summed E-state index contributed by atoms with van der Waals surface area (Å²) in [6, 6.07) is 37.5. The number of fused-ring (bicyclic) bond motifs is 1. The molecule has 2 bridgehead atoms. The Bertz CT molecular complexity index is 1980. The van der Waals surface area contributed by atoms with Gasteiger partial charge in [-0.05, 0) is 57.6 Å². The van der Waals surface area contributed by atoms with Crippen LogP contribution in [0.25, 0.3) is 10.8 Å². The van der Waals surface area contributed by atoms with Gasteiger partial charge in [-0.2, -0.15) is 5.10 Å². The SMILES string of the molecule is Cc1ccc(N2C(=O)[C@@H]3C4c5ccccc5C(/C=N\NC(=O)Cc5cccc6ccccc56)(c5ccccc54)[C@H]3C2=O)cc1. The topological polar surface area (TPSA) is 78.8 Å². The zero-order valence-electron chi connectivity index (χ0n) is 24.1. The predicted octanol–water partition coefficient (Wildman–Crippen LogP) is 6.04. The van der Waals surface area contributed by atoms with Gasteiger partial charge in [0.2, 0.25) is 17.7 Å². The van der Waals surface area contributed by atoms with Crippen molar-refractivity contribution >= 4 is 40.4 Å². The number of carbonyl (C=O) groups excluding carboxylic acids is 3. The summed E-state index contributed by atoms with van der Waals surface area (Å²) in [4.78, 5) is 43.3. The van der Waals surface area contributed by atoms with Crippen molar-refractivity contribution < 1.29 is 14.4 Å². The second-order valence-corrected chi connectivity index (χ2v) is 12.0. The van der Waals surface area contributed by atoms with E-state index in [4.69, 9.17) is 0 Å². The Labute approximate surface area is 255 Å². The predicted molar refractivity (Wildman–Crippen MR) is 170 cm³/mol. The zero-order chi connectivity index (χ0) is 30.0. The van der Waals surface area contributed by atoms with Gasteiger partial charge < -0.3 is 0 Å². The number of imide groups is 1. The molecule has 0 saturated carbocycles. The van der Waals surface area contributed by atoms with Crippen molar-refractivity contribution in [3.63, 3.8) is 0 Å². The third-order valence-electron chi connectivity index (χ3n) is 9.66. The number of rotatable bonds is 5. The lowest BCUT2D eigenvalue weighted by Crippen LogP contribution is -2.54. The summed E-state index contributed by atoms with van der Waals surface area (Å²) >= 11 is 0. The van der Waals surface area contributed by atoms with E-state index in [1.165, 1.54) is 4.90 Å². The Hall–Kier alpha value is -5.36. The first-order valence-electron chi connectivity index (χ1n) is 14.9. The molecule has 44 heavy (non-hydrogen) atoms. The summed E-state index contributed by atoms with van der Waals surface area (Å²) in [6.45, 7) is 1.98. The van der Waals surface area contributed by atoms with Crippen LogP contribution in [0.15, 0.2) is 120 Å². The van der Waals surface area contributed by atoms with E-state index in [1.807, 2.05) is 110 Å². The number of amides is 3. The Morgan fingerprint density at radius 3 is 2.16 bits per heavy atom. The normalized spacial score (nSPS) is 23.1. The third-order valence-corrected chi connectivity index (χ3v) is 9.66. The van der Waals surface area contributed by atoms with E-state index in [-0.39, 0.29) is 30.1 Å². The smallest absolute Gasteiger partial charge is 0.244 e. The van der Waals surface area contributed by atoms with Gasteiger partial charge in [-0.15, -0.1) is 0 Å². The first-order chi connectivity index (χ1) is 21.5. The minimum absolute atomic E-state index is 0.158. The third kappa shape index (κ3) is 3.67. The Balaban J connectivity index is 1.22. The van der Waals surface area contributed by atoms with Crippen molar-refractivity contribution in [2.24, 2.45) is 16.9 Å². The molecule has 1 saturated heterocycles. The molecule has 5 aromatic carbocycles. The van der Waals surface area contributed by atoms with E-state index in [0.29, 0.717) is 5.69 Å². The highest BCUT2D eigenvalue weighted by molar-refractivity contribution is 6.25. The van der Waals surface area contributed by atoms with Crippen LogP contribution in [0.2, 0.25) is 0 Å². The fourth-order valence-corrected chi connectivity index (χ4v) is 7.86. The molecule has 6 nitrogen and oxygen atoms in total. The Kier molecular flexibility index (Phi) is 5.88. The number of anilines is 1. The molecule has 0 aromatic heterocycles. The lowest BCUT2D eigenvalue weighted by Gasteiger charge is -2.52. The first kappa shape index (κ1) is 26.3. The van der Waals surface area contributed by atoms with E-state index >= 15 is 0 Å². The molecule has 2 atom stereocenters. The van der Waals surface area contributed by atoms with Gasteiger partial charge in [-0.25, -0.2) is 10.3 Å². The highest BCUT2D eigenvalue weighted by atomic mass is 16.2. The second kappa shape index (κ2) is 9.85. The fraction of sp³-hybridized carbons (Fsp3) is 0.158. The summed E-state index contributed by atoms with van der Waals surface area (Å²) in [6.07, 6.45) is 1.87. The molecule has 1 N–H and O–H groups in total. The highest BCUT2D eigenvalue weighted by Gasteiger charge is 2.68. The lowest BCUT2D eigenvalue weighted by molar-refractivity contribution is -0.123. The molecule has 6 heteroatoms. The van der Waals surface area contributed by atoms with E-state index in [0.717, 1.165) is 44.2 Å². The van der Waals surface area contributed by atoms with E-state index in [9.17, 15) is 14.4 Å². The zero-order valence-corrected chi connectivity index (χ0v) is 24.1. The highest BCUT2D eigenvalue weighted by Crippen LogP contribution is 2.63. The van der Waals surface area contributed by atoms with Gasteiger partial charge in [-0.1, -0.05) is 109 Å². The summed E-state index contributed by atoms with van der Waals surface area (Å²) in [5.74, 6) is -2.25. The van der Waals surface area contributed by atoms with Crippen LogP contribution in [-0.4, -0.2) is 23.9 Å². The molecule has 0 spiro atoms. The Morgan fingerprint density at radius 2 is 1.43 bits per heavy atom. The number of benzene rings is 5. The molecule has 1 heterocycles. The standard InChI is InChI=1S/C38H29N3O3/c1-23-17-19-26(20-18-23)41-36(43)34-33-28-13-4-6-15-30(28)38(35(34)37(41)44,31-16-7-5-14-29(31)33)22-39-40-32(42)21-25-11-8-10-24-9-2-3-12-27(24)25/h2-20,22,33-35H,21H2,1H3,(H,40,42)/b39-22-/t33?,34-,35-,38?/m1/s1. The average Bonchev–Trinajstić information content (AvgIpc) is 3.32. The lowest BCUT2D eigenvalue weighted by atomic mass is 9.47. The van der Waals surface area contributed by atoms with E-state index < -0.39 is 17.3 Å². The van der Waals surface area contributed by atoms with Crippen LogP contribution in [0.3, 0.4) is 0 Å². The van der Waals surface area contributed by atoms with Crippen LogP contribution >= 0.6 is 0 Å². The molecular formula is C38H29N3O3. The fourth-order valence-electron chi connectivity index (χ4n) is 7.86. The molecule has 1 aliphatic heterocycles.